The maximum Gasteiger partial charge on any atom is 0.338 e. The number of aromatic nitrogens is 2. The molecule has 20 heavy (non-hydrogen) atoms. The number of hydrogen-bond acceptors (Lipinski definition) is 5. The molecule has 0 fully saturated rings. The van der Waals surface area contributed by atoms with Crippen molar-refractivity contribution in [3.63, 3.8) is 0 Å². The third kappa shape index (κ3) is 3.74. The molecule has 0 saturated carbocycles. The van der Waals surface area contributed by atoms with Crippen molar-refractivity contribution in [3.8, 4) is 0 Å². The Morgan fingerprint density at radius 2 is 2.25 bits per heavy atom. The Morgan fingerprint density at radius 1 is 1.40 bits per heavy atom. The van der Waals surface area contributed by atoms with Gasteiger partial charge in [-0.3, -0.25) is 0 Å². The summed E-state index contributed by atoms with van der Waals surface area (Å²) in [6, 6.07) is 7.64. The zero-order chi connectivity index (χ0) is 14.4. The Balaban J connectivity index is 1.79. The molecule has 0 aliphatic rings. The molecule has 0 amide bonds. The van der Waals surface area contributed by atoms with Crippen LogP contribution in [0.1, 0.15) is 15.9 Å². The molecule has 0 bridgehead atoms. The smallest absolute Gasteiger partial charge is 0.338 e. The summed E-state index contributed by atoms with van der Waals surface area (Å²) in [7, 11) is 0. The number of nitrogens with one attached hydrogen (secondary N) is 1. The highest BCUT2D eigenvalue weighted by Crippen LogP contribution is 2.10. The van der Waals surface area contributed by atoms with Crippen LogP contribution in [-0.2, 0) is 4.74 Å². The fraction of sp³-hybridized carbons (Fsp3) is 0.214. The van der Waals surface area contributed by atoms with E-state index in [1.54, 1.807) is 25.3 Å². The van der Waals surface area contributed by atoms with Crippen LogP contribution < -0.4 is 5.32 Å². The van der Waals surface area contributed by atoms with E-state index in [2.05, 4.69) is 15.5 Å². The molecule has 2 aromatic rings. The first-order valence-electron chi connectivity index (χ1n) is 6.11. The lowest BCUT2D eigenvalue weighted by molar-refractivity contribution is 0.0520. The van der Waals surface area contributed by atoms with E-state index < -0.39 is 5.97 Å². The Labute approximate surface area is 115 Å². The summed E-state index contributed by atoms with van der Waals surface area (Å²) in [5.74, 6) is -0.207. The number of anilines is 1. The van der Waals surface area contributed by atoms with Gasteiger partial charge >= 0.3 is 5.97 Å². The van der Waals surface area contributed by atoms with Gasteiger partial charge in [-0.25, -0.2) is 9.18 Å². The number of halogens is 1. The van der Waals surface area contributed by atoms with Crippen molar-refractivity contribution in [1.82, 2.24) is 10.2 Å². The molecule has 5 nitrogen and oxygen atoms in total. The Bertz CT molecular complexity index is 590. The van der Waals surface area contributed by atoms with Crippen LogP contribution in [0.2, 0.25) is 0 Å². The number of rotatable bonds is 5. The Kier molecular flexibility index (Phi) is 4.60. The van der Waals surface area contributed by atoms with Gasteiger partial charge in [0.1, 0.15) is 18.2 Å². The quantitative estimate of drug-likeness (QED) is 0.669. The lowest BCUT2D eigenvalue weighted by Crippen LogP contribution is -2.14. The van der Waals surface area contributed by atoms with Crippen LogP contribution in [0.15, 0.2) is 36.5 Å². The van der Waals surface area contributed by atoms with E-state index in [9.17, 15) is 9.18 Å². The van der Waals surface area contributed by atoms with Gasteiger partial charge in [-0.05, 0) is 42.8 Å². The Hall–Kier alpha value is -2.50. The zero-order valence-corrected chi connectivity index (χ0v) is 11.0. The molecule has 0 aliphatic heterocycles. The summed E-state index contributed by atoms with van der Waals surface area (Å²) in [6.45, 7) is 2.21. The van der Waals surface area contributed by atoms with E-state index in [1.807, 2.05) is 0 Å². The normalized spacial score (nSPS) is 10.1. The maximum atomic E-state index is 13.1. The summed E-state index contributed by atoms with van der Waals surface area (Å²) in [5.41, 5.74) is 0.750. The zero-order valence-electron chi connectivity index (χ0n) is 11.0. The fourth-order valence-electron chi connectivity index (χ4n) is 1.57. The SMILES string of the molecule is Cc1cc(C(=O)OCCNc2cccnn2)ccc1F. The molecule has 0 spiro atoms. The van der Waals surface area contributed by atoms with E-state index >= 15 is 0 Å². The van der Waals surface area contributed by atoms with Gasteiger partial charge in [-0.2, -0.15) is 5.10 Å². The summed E-state index contributed by atoms with van der Waals surface area (Å²) in [6.07, 6.45) is 1.57. The Morgan fingerprint density at radius 3 is 2.95 bits per heavy atom. The molecule has 104 valence electrons. The number of aryl methyl sites for hydroxylation is 1. The monoisotopic (exact) mass is 275 g/mol. The van der Waals surface area contributed by atoms with Crippen molar-refractivity contribution < 1.29 is 13.9 Å². The summed E-state index contributed by atoms with van der Waals surface area (Å²) < 4.78 is 18.2. The molecule has 0 saturated heterocycles. The fourth-order valence-corrected chi connectivity index (χ4v) is 1.57. The van der Waals surface area contributed by atoms with Crippen LogP contribution in [-0.4, -0.2) is 29.3 Å². The molecule has 0 unspecified atom stereocenters. The van der Waals surface area contributed by atoms with Crippen molar-refractivity contribution in [2.45, 2.75) is 6.92 Å². The van der Waals surface area contributed by atoms with Crippen LogP contribution in [0.3, 0.4) is 0 Å². The third-order valence-electron chi connectivity index (χ3n) is 2.61. The van der Waals surface area contributed by atoms with E-state index in [0.29, 0.717) is 23.5 Å². The summed E-state index contributed by atoms with van der Waals surface area (Å²) >= 11 is 0. The van der Waals surface area contributed by atoms with E-state index in [0.717, 1.165) is 0 Å². The highest BCUT2D eigenvalue weighted by atomic mass is 19.1. The molecule has 1 N–H and O–H groups in total. The van der Waals surface area contributed by atoms with E-state index in [1.165, 1.54) is 18.2 Å². The molecular weight excluding hydrogens is 261 g/mol. The molecule has 2 rings (SSSR count). The summed E-state index contributed by atoms with van der Waals surface area (Å²) in [5, 5.41) is 10.5. The summed E-state index contributed by atoms with van der Waals surface area (Å²) in [4.78, 5) is 11.7. The molecule has 6 heteroatoms. The molecule has 0 atom stereocenters. The lowest BCUT2D eigenvalue weighted by atomic mass is 10.1. The second-order valence-corrected chi connectivity index (χ2v) is 4.14. The first-order chi connectivity index (χ1) is 9.66. The minimum atomic E-state index is -0.478. The van der Waals surface area contributed by atoms with Gasteiger partial charge in [0.15, 0.2) is 0 Å². The average molecular weight is 275 g/mol. The van der Waals surface area contributed by atoms with Gasteiger partial charge in [0.25, 0.3) is 0 Å². The molecule has 1 aromatic carbocycles. The number of ether oxygens (including phenoxy) is 1. The molecule has 1 aromatic heterocycles. The molecule has 0 aliphatic carbocycles. The third-order valence-corrected chi connectivity index (χ3v) is 2.61. The predicted molar refractivity (Wildman–Crippen MR) is 71.9 cm³/mol. The van der Waals surface area contributed by atoms with Crippen molar-refractivity contribution in [2.24, 2.45) is 0 Å². The van der Waals surface area contributed by atoms with Crippen LogP contribution in [0.5, 0.6) is 0 Å². The van der Waals surface area contributed by atoms with Gasteiger partial charge in [0.05, 0.1) is 12.1 Å². The number of hydrogen-bond donors (Lipinski definition) is 1. The second kappa shape index (κ2) is 6.60. The highest BCUT2D eigenvalue weighted by molar-refractivity contribution is 5.89. The second-order valence-electron chi connectivity index (χ2n) is 4.14. The topological polar surface area (TPSA) is 64.1 Å². The molecular formula is C14H14FN3O2. The number of esters is 1. The highest BCUT2D eigenvalue weighted by Gasteiger charge is 2.08. The van der Waals surface area contributed by atoms with E-state index in [4.69, 9.17) is 4.74 Å². The average Bonchev–Trinajstić information content (AvgIpc) is 2.47. The maximum absolute atomic E-state index is 13.1. The van der Waals surface area contributed by atoms with Gasteiger partial charge in [-0.15, -0.1) is 5.10 Å². The number of carbonyl (C=O) groups excluding carboxylic acids is 1. The standard InChI is InChI=1S/C14H14FN3O2/c1-10-9-11(4-5-12(10)15)14(19)20-8-7-16-13-3-2-6-17-18-13/h2-6,9H,7-8H2,1H3,(H,16,18). The van der Waals surface area contributed by atoms with Gasteiger partial charge < -0.3 is 10.1 Å². The first kappa shape index (κ1) is 13.9. The minimum absolute atomic E-state index is 0.186. The first-order valence-corrected chi connectivity index (χ1v) is 6.11. The van der Waals surface area contributed by atoms with Crippen molar-refractivity contribution in [1.29, 1.82) is 0 Å². The largest absolute Gasteiger partial charge is 0.460 e. The van der Waals surface area contributed by atoms with E-state index in [-0.39, 0.29) is 12.4 Å². The number of carbonyl (C=O) groups is 1. The van der Waals surface area contributed by atoms with Gasteiger partial charge in [0.2, 0.25) is 0 Å². The van der Waals surface area contributed by atoms with Crippen LogP contribution in [0.4, 0.5) is 10.2 Å². The van der Waals surface area contributed by atoms with Crippen LogP contribution in [0.25, 0.3) is 0 Å². The minimum Gasteiger partial charge on any atom is -0.460 e. The lowest BCUT2D eigenvalue weighted by Gasteiger charge is -2.07. The van der Waals surface area contributed by atoms with Crippen molar-refractivity contribution in [2.75, 3.05) is 18.5 Å². The van der Waals surface area contributed by atoms with Crippen LogP contribution in [0, 0.1) is 12.7 Å². The van der Waals surface area contributed by atoms with Crippen LogP contribution >= 0.6 is 0 Å². The molecule has 0 radical (unpaired) electrons. The number of benzene rings is 1. The van der Waals surface area contributed by atoms with Gasteiger partial charge in [0, 0.05) is 6.20 Å². The number of nitrogens with zero attached hydrogens (tertiary/aromatic N) is 2. The predicted octanol–water partition coefficient (Wildman–Crippen LogP) is 2.19. The van der Waals surface area contributed by atoms with Crippen molar-refractivity contribution in [3.05, 3.63) is 53.5 Å². The van der Waals surface area contributed by atoms with Crippen molar-refractivity contribution >= 4 is 11.8 Å². The van der Waals surface area contributed by atoms with Gasteiger partial charge in [-0.1, -0.05) is 0 Å². The molecule has 1 heterocycles.